The maximum atomic E-state index is 13.2. The van der Waals surface area contributed by atoms with Gasteiger partial charge in [0, 0.05) is 35.4 Å². The monoisotopic (exact) mass is 511 g/mol. The van der Waals surface area contributed by atoms with E-state index in [1.807, 2.05) is 27.7 Å². The molecule has 28 heavy (non-hydrogen) atoms. The first kappa shape index (κ1) is 23.2. The minimum Gasteiger partial charge on any atom is -0.449 e. The molecule has 0 aromatic heterocycles. The summed E-state index contributed by atoms with van der Waals surface area (Å²) >= 11 is 2.14. The molecule has 1 heterocycles. The lowest BCUT2D eigenvalue weighted by atomic mass is 9.77. The molecule has 1 aliphatic rings. The number of amides is 1. The van der Waals surface area contributed by atoms with Crippen LogP contribution in [0.3, 0.4) is 0 Å². The van der Waals surface area contributed by atoms with Crippen LogP contribution in [0.5, 0.6) is 0 Å². The van der Waals surface area contributed by atoms with Crippen molar-refractivity contribution in [3.05, 3.63) is 25.8 Å². The number of piperazine rings is 1. The van der Waals surface area contributed by atoms with Crippen LogP contribution in [0.2, 0.25) is 0 Å². The number of carbonyl (C=O) groups excluding carboxylic acids is 1. The Hall–Kier alpha value is -1.13. The van der Waals surface area contributed by atoms with Gasteiger partial charge < -0.3 is 27.5 Å². The van der Waals surface area contributed by atoms with Gasteiger partial charge in [0.2, 0.25) is 0 Å². The molecule has 0 aliphatic carbocycles. The highest BCUT2D eigenvalue weighted by molar-refractivity contribution is 14.1. The van der Waals surface area contributed by atoms with Gasteiger partial charge in [-0.05, 0) is 80.8 Å². The SMILES string of the molecule is Cc1c(I)c(C)c(N2CCN(C(=O)OC(C)(C)C)CC2)c(C)c1C[B-](F)(F)F. The number of hydrogen-bond donors (Lipinski definition) is 0. The Morgan fingerprint density at radius 1 is 1.04 bits per heavy atom. The second kappa shape index (κ2) is 8.32. The van der Waals surface area contributed by atoms with E-state index in [9.17, 15) is 17.7 Å². The van der Waals surface area contributed by atoms with Crippen molar-refractivity contribution in [1.82, 2.24) is 4.90 Å². The summed E-state index contributed by atoms with van der Waals surface area (Å²) in [6, 6.07) is 0. The van der Waals surface area contributed by atoms with Crippen molar-refractivity contribution in [3.63, 3.8) is 0 Å². The van der Waals surface area contributed by atoms with Gasteiger partial charge in [-0.15, -0.1) is 0 Å². The van der Waals surface area contributed by atoms with E-state index >= 15 is 0 Å². The predicted molar refractivity (Wildman–Crippen MR) is 116 cm³/mol. The third-order valence-electron chi connectivity index (χ3n) is 4.96. The number of ether oxygens (including phenoxy) is 1. The zero-order valence-electron chi connectivity index (χ0n) is 17.3. The molecule has 9 heteroatoms. The zero-order chi connectivity index (χ0) is 21.4. The maximum absolute atomic E-state index is 13.2. The van der Waals surface area contributed by atoms with E-state index < -0.39 is 18.9 Å². The molecule has 1 aromatic carbocycles. The molecule has 0 spiro atoms. The van der Waals surface area contributed by atoms with Crippen LogP contribution >= 0.6 is 22.6 Å². The summed E-state index contributed by atoms with van der Waals surface area (Å²) in [5, 5.41) is 0. The van der Waals surface area contributed by atoms with Crippen molar-refractivity contribution in [2.45, 2.75) is 53.5 Å². The number of anilines is 1. The Labute approximate surface area is 179 Å². The highest BCUT2D eigenvalue weighted by Crippen LogP contribution is 2.37. The fourth-order valence-corrected chi connectivity index (χ4v) is 4.26. The Morgan fingerprint density at radius 2 is 1.57 bits per heavy atom. The van der Waals surface area contributed by atoms with Crippen molar-refractivity contribution in [2.75, 3.05) is 31.1 Å². The molecule has 2 rings (SSSR count). The van der Waals surface area contributed by atoms with Crippen molar-refractivity contribution < 1.29 is 22.5 Å². The van der Waals surface area contributed by atoms with Crippen LogP contribution in [-0.2, 0) is 11.1 Å². The first-order valence-electron chi connectivity index (χ1n) is 9.43. The van der Waals surface area contributed by atoms with Crippen LogP contribution in [0, 0.1) is 24.3 Å². The number of carbonyl (C=O) groups is 1. The summed E-state index contributed by atoms with van der Waals surface area (Å²) in [4.78, 5) is 16.0. The van der Waals surface area contributed by atoms with Crippen LogP contribution in [0.4, 0.5) is 23.4 Å². The second-order valence-electron chi connectivity index (χ2n) is 8.39. The summed E-state index contributed by atoms with van der Waals surface area (Å²) in [5.74, 6) is 0. The molecule has 0 unspecified atom stereocenters. The molecule has 1 aromatic rings. The normalized spacial score (nSPS) is 15.8. The van der Waals surface area contributed by atoms with E-state index in [2.05, 4.69) is 27.5 Å². The fourth-order valence-electron chi connectivity index (χ4n) is 3.67. The molecular formula is C19H28BF3IN2O2-. The third kappa shape index (κ3) is 5.48. The summed E-state index contributed by atoms with van der Waals surface area (Å²) in [6.45, 7) is 8.17. The molecule has 1 fully saturated rings. The van der Waals surface area contributed by atoms with E-state index in [1.54, 1.807) is 18.7 Å². The van der Waals surface area contributed by atoms with Crippen LogP contribution in [0.15, 0.2) is 0 Å². The van der Waals surface area contributed by atoms with E-state index in [0.29, 0.717) is 42.9 Å². The maximum Gasteiger partial charge on any atom is 0.482 e. The van der Waals surface area contributed by atoms with Crippen LogP contribution in [0.25, 0.3) is 0 Å². The predicted octanol–water partition coefficient (Wildman–Crippen LogP) is 5.20. The smallest absolute Gasteiger partial charge is 0.449 e. The van der Waals surface area contributed by atoms with Gasteiger partial charge in [-0.2, -0.15) is 0 Å². The molecule has 0 bridgehead atoms. The molecule has 0 atom stereocenters. The van der Waals surface area contributed by atoms with Gasteiger partial charge in [-0.25, -0.2) is 4.79 Å². The zero-order valence-corrected chi connectivity index (χ0v) is 19.5. The number of rotatable bonds is 3. The molecule has 4 nitrogen and oxygen atoms in total. The van der Waals surface area contributed by atoms with Gasteiger partial charge in [-0.3, -0.25) is 0 Å². The molecule has 1 aliphatic heterocycles. The van der Waals surface area contributed by atoms with Crippen LogP contribution < -0.4 is 4.90 Å². The first-order valence-corrected chi connectivity index (χ1v) is 10.5. The lowest BCUT2D eigenvalue weighted by molar-refractivity contribution is 0.0240. The Kier molecular flexibility index (Phi) is 6.88. The lowest BCUT2D eigenvalue weighted by Gasteiger charge is -2.39. The van der Waals surface area contributed by atoms with Crippen molar-refractivity contribution >= 4 is 41.3 Å². The molecule has 0 saturated carbocycles. The number of halogens is 4. The van der Waals surface area contributed by atoms with Crippen molar-refractivity contribution in [1.29, 1.82) is 0 Å². The largest absolute Gasteiger partial charge is 0.482 e. The summed E-state index contributed by atoms with van der Waals surface area (Å²) in [7, 11) is 0. The van der Waals surface area contributed by atoms with Crippen molar-refractivity contribution in [3.8, 4) is 0 Å². The van der Waals surface area contributed by atoms with Gasteiger partial charge in [0.1, 0.15) is 5.60 Å². The lowest BCUT2D eigenvalue weighted by Crippen LogP contribution is -2.50. The standard InChI is InChI=1S/C19H28BF3IN2O2/c1-12-15(11-20(21,22)23)13(2)17(14(3)16(12)24)25-7-9-26(10-8-25)18(27)28-19(4,5)6/h7-11H2,1-6H3/q-1. The number of nitrogens with zero attached hydrogens (tertiary/aromatic N) is 2. The van der Waals surface area contributed by atoms with Gasteiger partial charge in [0.05, 0.1) is 0 Å². The summed E-state index contributed by atoms with van der Waals surface area (Å²) in [5.41, 5.74) is 3.11. The number of hydrogen-bond acceptors (Lipinski definition) is 3. The second-order valence-corrected chi connectivity index (χ2v) is 9.46. The number of benzene rings is 1. The molecule has 1 amide bonds. The Bertz CT molecular complexity index is 755. The van der Waals surface area contributed by atoms with Gasteiger partial charge >= 0.3 is 13.1 Å². The quantitative estimate of drug-likeness (QED) is 0.413. The van der Waals surface area contributed by atoms with Crippen LogP contribution in [0.1, 0.15) is 43.0 Å². The molecule has 0 N–H and O–H groups in total. The van der Waals surface area contributed by atoms with E-state index in [-0.39, 0.29) is 6.09 Å². The third-order valence-corrected chi connectivity index (χ3v) is 6.58. The van der Waals surface area contributed by atoms with Gasteiger partial charge in [0.15, 0.2) is 0 Å². The minimum absolute atomic E-state index is 0.348. The summed E-state index contributed by atoms with van der Waals surface area (Å²) in [6.07, 6.45) is -1.21. The van der Waals surface area contributed by atoms with E-state index in [1.165, 1.54) is 0 Å². The average Bonchev–Trinajstić information content (AvgIpc) is 2.55. The Balaban J connectivity index is 2.26. The highest BCUT2D eigenvalue weighted by Gasteiger charge is 2.30. The van der Waals surface area contributed by atoms with Crippen LogP contribution in [-0.4, -0.2) is 49.8 Å². The van der Waals surface area contributed by atoms with E-state index in [4.69, 9.17) is 4.74 Å². The molecule has 0 radical (unpaired) electrons. The minimum atomic E-state index is -4.91. The molecular weight excluding hydrogens is 483 g/mol. The summed E-state index contributed by atoms with van der Waals surface area (Å²) < 4.78 is 45.8. The fraction of sp³-hybridized carbons (Fsp3) is 0.632. The highest BCUT2D eigenvalue weighted by atomic mass is 127. The molecule has 158 valence electrons. The average molecular weight is 511 g/mol. The molecule has 1 saturated heterocycles. The van der Waals surface area contributed by atoms with E-state index in [0.717, 1.165) is 14.8 Å². The van der Waals surface area contributed by atoms with Gasteiger partial charge in [-0.1, -0.05) is 11.9 Å². The van der Waals surface area contributed by atoms with Crippen molar-refractivity contribution in [2.24, 2.45) is 0 Å². The first-order chi connectivity index (χ1) is 12.7. The Morgan fingerprint density at radius 3 is 2.04 bits per heavy atom. The topological polar surface area (TPSA) is 32.8 Å². The van der Waals surface area contributed by atoms with Gasteiger partial charge in [0.25, 0.3) is 0 Å².